The van der Waals surface area contributed by atoms with Crippen LogP contribution in [0, 0.1) is 0 Å². The third-order valence-electron chi connectivity index (χ3n) is 3.71. The van der Waals surface area contributed by atoms with Crippen LogP contribution in [0.15, 0.2) is 12.1 Å². The second-order valence-corrected chi connectivity index (χ2v) is 20.6. The monoisotopic (exact) mass is 322 g/mol. The van der Waals surface area contributed by atoms with Gasteiger partial charge in [0.15, 0.2) is 0 Å². The molecule has 0 N–H and O–H groups in total. The topological polar surface area (TPSA) is 0 Å². The van der Waals surface area contributed by atoms with Crippen molar-refractivity contribution in [2.45, 2.75) is 45.7 Å². The zero-order valence-electron chi connectivity index (χ0n) is 12.7. The van der Waals surface area contributed by atoms with Crippen LogP contribution in [0.1, 0.15) is 9.75 Å². The lowest BCUT2D eigenvalue weighted by Gasteiger charge is -2.12. The maximum absolute atomic E-state index is 2.51. The number of thiophene rings is 2. The van der Waals surface area contributed by atoms with Gasteiger partial charge < -0.3 is 0 Å². The van der Waals surface area contributed by atoms with Gasteiger partial charge in [-0.1, -0.05) is 39.3 Å². The van der Waals surface area contributed by atoms with Gasteiger partial charge in [0.2, 0.25) is 0 Å². The molecular formula is C15H22S2Si2. The smallest absolute Gasteiger partial charge is 0.0904 e. The molecule has 0 aromatic carbocycles. The zero-order valence-corrected chi connectivity index (χ0v) is 16.3. The summed E-state index contributed by atoms with van der Waals surface area (Å²) in [5, 5.41) is 0. The third-order valence-corrected chi connectivity index (χ3v) is 13.1. The summed E-state index contributed by atoms with van der Waals surface area (Å²) in [6.07, 6.45) is 1.20. The number of hydrogen-bond donors (Lipinski definition) is 0. The second kappa shape index (κ2) is 4.16. The van der Waals surface area contributed by atoms with Crippen LogP contribution < -0.4 is 9.00 Å². The lowest BCUT2D eigenvalue weighted by Crippen LogP contribution is -2.35. The molecule has 0 saturated heterocycles. The van der Waals surface area contributed by atoms with Crippen molar-refractivity contribution in [3.63, 3.8) is 0 Å². The highest BCUT2D eigenvalue weighted by molar-refractivity contribution is 7.28. The molecule has 4 heteroatoms. The summed E-state index contributed by atoms with van der Waals surface area (Å²) in [5.74, 6) is 0. The lowest BCUT2D eigenvalue weighted by molar-refractivity contribution is 1.38. The fourth-order valence-electron chi connectivity index (χ4n) is 2.46. The van der Waals surface area contributed by atoms with Gasteiger partial charge in [-0.05, 0) is 32.3 Å². The summed E-state index contributed by atoms with van der Waals surface area (Å²) in [5.41, 5.74) is 3.14. The third kappa shape index (κ3) is 2.33. The average molecular weight is 323 g/mol. The fraction of sp³-hybridized carbons (Fsp3) is 0.467. The van der Waals surface area contributed by atoms with Crippen molar-refractivity contribution in [3.05, 3.63) is 21.9 Å². The Morgan fingerprint density at radius 1 is 0.737 bits per heavy atom. The second-order valence-electron chi connectivity index (χ2n) is 7.57. The van der Waals surface area contributed by atoms with Crippen LogP contribution in [0.25, 0.3) is 11.1 Å². The van der Waals surface area contributed by atoms with Crippen LogP contribution in [-0.2, 0) is 6.42 Å². The van der Waals surface area contributed by atoms with E-state index in [1.165, 1.54) is 6.42 Å². The Bertz CT molecular complexity index is 580. The molecule has 102 valence electrons. The van der Waals surface area contributed by atoms with Gasteiger partial charge in [-0.3, -0.25) is 0 Å². The molecule has 2 aromatic heterocycles. The Hall–Kier alpha value is -0.166. The molecule has 0 aliphatic heterocycles. The number of rotatable bonds is 2. The summed E-state index contributed by atoms with van der Waals surface area (Å²) in [6, 6.07) is 5.03. The standard InChI is InChI=1S/C15H22S2Si2/c1-18(2,3)14-7-10-11-8-15(19(4,5)6)17-13(11)9-12(10)16-14/h7-8H,9H2,1-6H3. The molecule has 0 amide bonds. The molecule has 1 aliphatic rings. The molecule has 0 bridgehead atoms. The summed E-state index contributed by atoms with van der Waals surface area (Å²) in [4.78, 5) is 3.25. The van der Waals surface area contributed by atoms with Crippen molar-refractivity contribution in [1.29, 1.82) is 0 Å². The molecule has 0 atom stereocenters. The van der Waals surface area contributed by atoms with Gasteiger partial charge in [0.25, 0.3) is 0 Å². The SMILES string of the molecule is C[Si](C)(C)c1cc2c(s1)Cc1sc([Si](C)(C)C)cc1-2. The maximum Gasteiger partial charge on any atom is 0.0904 e. The molecule has 0 nitrogen and oxygen atoms in total. The minimum Gasteiger partial charge on any atom is -0.149 e. The first-order valence-corrected chi connectivity index (χ1v) is 15.6. The Morgan fingerprint density at radius 3 is 1.42 bits per heavy atom. The van der Waals surface area contributed by atoms with Crippen LogP contribution in [0.4, 0.5) is 0 Å². The van der Waals surface area contributed by atoms with Crippen molar-refractivity contribution in [3.8, 4) is 11.1 Å². The quantitative estimate of drug-likeness (QED) is 0.611. The van der Waals surface area contributed by atoms with Crippen LogP contribution in [0.3, 0.4) is 0 Å². The molecule has 0 saturated carbocycles. The van der Waals surface area contributed by atoms with E-state index in [0.29, 0.717) is 0 Å². The highest BCUT2D eigenvalue weighted by Crippen LogP contribution is 2.42. The Morgan fingerprint density at radius 2 is 1.11 bits per heavy atom. The summed E-state index contributed by atoms with van der Waals surface area (Å²) >= 11 is 4.17. The molecule has 0 spiro atoms. The van der Waals surface area contributed by atoms with Crippen molar-refractivity contribution in [2.75, 3.05) is 0 Å². The molecule has 2 heterocycles. The number of hydrogen-bond acceptors (Lipinski definition) is 2. The first kappa shape index (κ1) is 13.8. The van der Waals surface area contributed by atoms with E-state index in [-0.39, 0.29) is 0 Å². The minimum absolute atomic E-state index is 1.15. The van der Waals surface area contributed by atoms with Crippen molar-refractivity contribution in [2.24, 2.45) is 0 Å². The maximum atomic E-state index is 2.51. The van der Waals surface area contributed by atoms with Crippen molar-refractivity contribution in [1.82, 2.24) is 0 Å². The Balaban J connectivity index is 2.07. The highest BCUT2D eigenvalue weighted by Gasteiger charge is 2.30. The van der Waals surface area contributed by atoms with E-state index in [0.717, 1.165) is 0 Å². The summed E-state index contributed by atoms with van der Waals surface area (Å²) in [6.45, 7) is 14.7. The molecule has 19 heavy (non-hydrogen) atoms. The summed E-state index contributed by atoms with van der Waals surface area (Å²) < 4.78 is 3.34. The molecule has 3 rings (SSSR count). The molecular weight excluding hydrogens is 300 g/mol. The van der Waals surface area contributed by atoms with E-state index >= 15 is 0 Å². The van der Waals surface area contributed by atoms with Gasteiger partial charge in [-0.25, -0.2) is 0 Å². The van der Waals surface area contributed by atoms with Crippen LogP contribution >= 0.6 is 22.7 Å². The van der Waals surface area contributed by atoms with E-state index in [2.05, 4.69) is 74.1 Å². The molecule has 0 radical (unpaired) electrons. The van der Waals surface area contributed by atoms with E-state index in [1.54, 1.807) is 29.9 Å². The molecule has 0 fully saturated rings. The van der Waals surface area contributed by atoms with Crippen molar-refractivity contribution < 1.29 is 0 Å². The minimum atomic E-state index is -1.15. The van der Waals surface area contributed by atoms with Crippen LogP contribution in [0.5, 0.6) is 0 Å². The lowest BCUT2D eigenvalue weighted by atomic mass is 10.2. The highest BCUT2D eigenvalue weighted by atomic mass is 32.1. The van der Waals surface area contributed by atoms with Gasteiger partial charge in [0.1, 0.15) is 0 Å². The van der Waals surface area contributed by atoms with Crippen LogP contribution in [0.2, 0.25) is 39.3 Å². The van der Waals surface area contributed by atoms with Gasteiger partial charge in [0.05, 0.1) is 16.1 Å². The Labute approximate surface area is 126 Å². The van der Waals surface area contributed by atoms with Crippen LogP contribution in [-0.4, -0.2) is 16.1 Å². The van der Waals surface area contributed by atoms with E-state index in [9.17, 15) is 0 Å². The fourth-order valence-corrected chi connectivity index (χ4v) is 8.77. The van der Waals surface area contributed by atoms with Gasteiger partial charge in [-0.15, -0.1) is 22.7 Å². The normalized spacial score (nSPS) is 14.6. The van der Waals surface area contributed by atoms with Gasteiger partial charge >= 0.3 is 0 Å². The van der Waals surface area contributed by atoms with E-state index < -0.39 is 16.1 Å². The average Bonchev–Trinajstić information content (AvgIpc) is 2.81. The predicted molar refractivity (Wildman–Crippen MR) is 96.4 cm³/mol. The first-order valence-electron chi connectivity index (χ1n) is 6.93. The largest absolute Gasteiger partial charge is 0.149 e. The zero-order chi connectivity index (χ0) is 14.0. The van der Waals surface area contributed by atoms with Gasteiger partial charge in [-0.2, -0.15) is 0 Å². The molecule has 0 unspecified atom stereocenters. The summed E-state index contributed by atoms with van der Waals surface area (Å²) in [7, 11) is -2.29. The van der Waals surface area contributed by atoms with E-state index in [4.69, 9.17) is 0 Å². The predicted octanol–water partition coefficient (Wildman–Crippen LogP) is 4.47. The van der Waals surface area contributed by atoms with Crippen molar-refractivity contribution >= 4 is 47.8 Å². The molecule has 1 aliphatic carbocycles. The van der Waals surface area contributed by atoms with Gasteiger partial charge in [0, 0.05) is 16.2 Å². The first-order chi connectivity index (χ1) is 8.66. The van der Waals surface area contributed by atoms with E-state index in [1.807, 2.05) is 0 Å². The number of fused-ring (bicyclic) bond motifs is 3. The Kier molecular flexibility index (Phi) is 3.03. The molecule has 2 aromatic rings.